The molecule has 5 heteroatoms. The van der Waals surface area contributed by atoms with Crippen LogP contribution in [0.15, 0.2) is 12.3 Å². The number of aromatic amines is 1. The minimum atomic E-state index is -4.33. The first-order valence-corrected chi connectivity index (χ1v) is 3.70. The Morgan fingerprint density at radius 2 is 2.08 bits per heavy atom. The van der Waals surface area contributed by atoms with Crippen molar-refractivity contribution in [3.63, 3.8) is 0 Å². The van der Waals surface area contributed by atoms with Gasteiger partial charge in [0.15, 0.2) is 0 Å². The van der Waals surface area contributed by atoms with Crippen molar-refractivity contribution in [1.82, 2.24) is 4.98 Å². The summed E-state index contributed by atoms with van der Waals surface area (Å²) in [5.74, 6) is 0. The standard InChI is InChI=1S/C7H7F3NS/c1-4(12)6-5(2-3-11-6)7(8,9)10/h2-4,11-12H,1H2. The molecule has 0 aliphatic rings. The van der Waals surface area contributed by atoms with Crippen molar-refractivity contribution in [2.24, 2.45) is 0 Å². The van der Waals surface area contributed by atoms with E-state index in [4.69, 9.17) is 0 Å². The second kappa shape index (κ2) is 3.05. The second-order valence-corrected chi connectivity index (χ2v) is 2.94. The molecule has 0 fully saturated rings. The van der Waals surface area contributed by atoms with Crippen LogP contribution in [0.4, 0.5) is 13.2 Å². The number of aromatic nitrogens is 1. The highest BCUT2D eigenvalue weighted by molar-refractivity contribution is 7.80. The lowest BCUT2D eigenvalue weighted by molar-refractivity contribution is -0.138. The molecule has 1 aromatic rings. The van der Waals surface area contributed by atoms with Gasteiger partial charge in [-0.2, -0.15) is 25.8 Å². The van der Waals surface area contributed by atoms with Crippen LogP contribution in [0.5, 0.6) is 0 Å². The average molecular weight is 194 g/mol. The highest BCUT2D eigenvalue weighted by Crippen LogP contribution is 2.35. The third-order valence-electron chi connectivity index (χ3n) is 1.42. The Morgan fingerprint density at radius 1 is 1.50 bits per heavy atom. The zero-order chi connectivity index (χ0) is 9.35. The molecular formula is C7H7F3NS. The third kappa shape index (κ3) is 1.77. The van der Waals surface area contributed by atoms with Gasteiger partial charge >= 0.3 is 6.18 Å². The zero-order valence-electron chi connectivity index (χ0n) is 6.02. The first-order chi connectivity index (χ1) is 5.43. The van der Waals surface area contributed by atoms with Crippen LogP contribution in [-0.4, -0.2) is 4.98 Å². The minimum Gasteiger partial charge on any atom is -0.364 e. The Balaban J connectivity index is 3.08. The maximum atomic E-state index is 12.2. The van der Waals surface area contributed by atoms with Crippen molar-refractivity contribution in [1.29, 1.82) is 0 Å². The van der Waals surface area contributed by atoms with Gasteiger partial charge < -0.3 is 4.98 Å². The van der Waals surface area contributed by atoms with Gasteiger partial charge in [0.1, 0.15) is 0 Å². The summed E-state index contributed by atoms with van der Waals surface area (Å²) in [5.41, 5.74) is -0.691. The van der Waals surface area contributed by atoms with Gasteiger partial charge in [0.2, 0.25) is 0 Å². The SMILES string of the molecule is [CH2]C(S)c1[nH]ccc1C(F)(F)F. The van der Waals surface area contributed by atoms with Crippen LogP contribution in [-0.2, 0) is 6.18 Å². The van der Waals surface area contributed by atoms with E-state index in [-0.39, 0.29) is 5.69 Å². The van der Waals surface area contributed by atoms with Crippen LogP contribution in [0.2, 0.25) is 0 Å². The fourth-order valence-electron chi connectivity index (χ4n) is 0.905. The molecule has 1 unspecified atom stereocenters. The molecule has 0 spiro atoms. The molecule has 0 bridgehead atoms. The van der Waals surface area contributed by atoms with Crippen molar-refractivity contribution >= 4 is 12.6 Å². The van der Waals surface area contributed by atoms with Crippen molar-refractivity contribution in [2.75, 3.05) is 0 Å². The molecular weight excluding hydrogens is 187 g/mol. The van der Waals surface area contributed by atoms with E-state index < -0.39 is 17.0 Å². The van der Waals surface area contributed by atoms with Crippen LogP contribution < -0.4 is 0 Å². The summed E-state index contributed by atoms with van der Waals surface area (Å²) < 4.78 is 36.5. The number of hydrogen-bond donors (Lipinski definition) is 2. The zero-order valence-corrected chi connectivity index (χ0v) is 6.91. The number of hydrogen-bond acceptors (Lipinski definition) is 1. The lowest BCUT2D eigenvalue weighted by atomic mass is 10.2. The summed E-state index contributed by atoms with van der Waals surface area (Å²) in [4.78, 5) is 2.45. The van der Waals surface area contributed by atoms with Crippen LogP contribution in [0.1, 0.15) is 16.5 Å². The van der Waals surface area contributed by atoms with Gasteiger partial charge in [0.05, 0.1) is 5.56 Å². The summed E-state index contributed by atoms with van der Waals surface area (Å²) in [6, 6.07) is 0.976. The van der Waals surface area contributed by atoms with E-state index in [1.807, 2.05) is 0 Å². The molecule has 0 saturated carbocycles. The molecule has 1 radical (unpaired) electrons. The number of alkyl halides is 3. The van der Waals surface area contributed by atoms with E-state index in [0.29, 0.717) is 0 Å². The molecule has 67 valence electrons. The molecule has 1 nitrogen and oxygen atoms in total. The van der Waals surface area contributed by atoms with Gasteiger partial charge in [-0.05, 0) is 13.0 Å². The molecule has 0 amide bonds. The van der Waals surface area contributed by atoms with E-state index in [9.17, 15) is 13.2 Å². The summed E-state index contributed by atoms with van der Waals surface area (Å²) in [6.07, 6.45) is -3.10. The summed E-state index contributed by atoms with van der Waals surface area (Å²) in [6.45, 7) is 3.39. The Labute approximate surface area is 73.4 Å². The minimum absolute atomic E-state index is 0.00540. The molecule has 1 rings (SSSR count). The maximum absolute atomic E-state index is 12.2. The number of halogens is 3. The van der Waals surface area contributed by atoms with Crippen LogP contribution in [0, 0.1) is 6.92 Å². The van der Waals surface area contributed by atoms with Crippen molar-refractivity contribution in [3.8, 4) is 0 Å². The summed E-state index contributed by atoms with van der Waals surface area (Å²) in [7, 11) is 0. The number of thiol groups is 1. The van der Waals surface area contributed by atoms with E-state index in [2.05, 4.69) is 24.5 Å². The van der Waals surface area contributed by atoms with Gasteiger partial charge in [0.25, 0.3) is 0 Å². The van der Waals surface area contributed by atoms with Gasteiger partial charge in [-0.1, -0.05) is 0 Å². The molecule has 1 N–H and O–H groups in total. The summed E-state index contributed by atoms with van der Waals surface area (Å²) in [5, 5.41) is -0.684. The molecule has 0 aliphatic carbocycles. The van der Waals surface area contributed by atoms with Gasteiger partial charge in [0, 0.05) is 17.1 Å². The van der Waals surface area contributed by atoms with E-state index in [0.717, 1.165) is 6.07 Å². The Morgan fingerprint density at radius 3 is 2.42 bits per heavy atom. The number of H-pyrrole nitrogens is 1. The number of nitrogens with one attached hydrogen (secondary N) is 1. The first kappa shape index (κ1) is 9.51. The van der Waals surface area contributed by atoms with Crippen molar-refractivity contribution in [2.45, 2.75) is 11.4 Å². The quantitative estimate of drug-likeness (QED) is 0.639. The first-order valence-electron chi connectivity index (χ1n) is 3.18. The number of rotatable bonds is 1. The van der Waals surface area contributed by atoms with Crippen LogP contribution in [0.3, 0.4) is 0 Å². The van der Waals surface area contributed by atoms with Gasteiger partial charge in [-0.15, -0.1) is 0 Å². The molecule has 0 saturated heterocycles. The largest absolute Gasteiger partial charge is 0.418 e. The molecule has 1 aromatic heterocycles. The predicted octanol–water partition coefficient (Wildman–Crippen LogP) is 2.84. The molecule has 1 atom stereocenters. The average Bonchev–Trinajstić information content (AvgIpc) is 2.30. The lowest BCUT2D eigenvalue weighted by Gasteiger charge is -2.09. The second-order valence-electron chi connectivity index (χ2n) is 2.32. The fourth-order valence-corrected chi connectivity index (χ4v) is 1.12. The smallest absolute Gasteiger partial charge is 0.364 e. The fraction of sp³-hybridized carbons (Fsp3) is 0.286. The highest BCUT2D eigenvalue weighted by atomic mass is 32.1. The third-order valence-corrected chi connectivity index (χ3v) is 1.68. The normalized spacial score (nSPS) is 14.8. The predicted molar refractivity (Wildman–Crippen MR) is 42.9 cm³/mol. The van der Waals surface area contributed by atoms with Crippen molar-refractivity contribution in [3.05, 3.63) is 30.4 Å². The Kier molecular flexibility index (Phi) is 2.41. The topological polar surface area (TPSA) is 15.8 Å². The monoisotopic (exact) mass is 194 g/mol. The Hall–Kier alpha value is -0.580. The molecule has 12 heavy (non-hydrogen) atoms. The summed E-state index contributed by atoms with van der Waals surface area (Å²) >= 11 is 3.81. The highest BCUT2D eigenvalue weighted by Gasteiger charge is 2.34. The molecule has 1 heterocycles. The van der Waals surface area contributed by atoms with Gasteiger partial charge in [-0.3, -0.25) is 0 Å². The van der Waals surface area contributed by atoms with Crippen LogP contribution in [0.25, 0.3) is 0 Å². The van der Waals surface area contributed by atoms with E-state index >= 15 is 0 Å². The van der Waals surface area contributed by atoms with Crippen LogP contribution >= 0.6 is 12.6 Å². The molecule has 0 aliphatic heterocycles. The maximum Gasteiger partial charge on any atom is 0.418 e. The lowest BCUT2D eigenvalue weighted by Crippen LogP contribution is -2.07. The van der Waals surface area contributed by atoms with Gasteiger partial charge in [-0.25, -0.2) is 0 Å². The van der Waals surface area contributed by atoms with E-state index in [1.165, 1.54) is 6.20 Å². The van der Waals surface area contributed by atoms with Crippen molar-refractivity contribution < 1.29 is 13.2 Å². The Bertz CT molecular complexity index is 264. The molecule has 0 aromatic carbocycles. The van der Waals surface area contributed by atoms with E-state index in [1.54, 1.807) is 0 Å².